The second kappa shape index (κ2) is 7.38. The minimum Gasteiger partial charge on any atom is -0.319 e. The van der Waals surface area contributed by atoms with Crippen LogP contribution >= 0.6 is 0 Å². The maximum absolute atomic E-state index is 12.6. The van der Waals surface area contributed by atoms with Crippen molar-refractivity contribution in [2.24, 2.45) is 5.92 Å². The van der Waals surface area contributed by atoms with Crippen LogP contribution in [0.5, 0.6) is 0 Å². The zero-order valence-corrected chi connectivity index (χ0v) is 13.8. The van der Waals surface area contributed by atoms with Crippen LogP contribution in [0.15, 0.2) is 29.2 Å². The maximum Gasteiger partial charge on any atom is 0.243 e. The first kappa shape index (κ1) is 16.5. The molecule has 2 rings (SSSR count). The average molecular weight is 310 g/mol. The first-order valence-corrected chi connectivity index (χ1v) is 9.25. The number of nitrogens with zero attached hydrogens (tertiary/aromatic N) is 1. The second-order valence-electron chi connectivity index (χ2n) is 5.80. The van der Waals surface area contributed by atoms with E-state index >= 15 is 0 Å². The number of nitrogens with one attached hydrogen (secondary N) is 1. The largest absolute Gasteiger partial charge is 0.319 e. The van der Waals surface area contributed by atoms with Gasteiger partial charge in [-0.15, -0.1) is 0 Å². The van der Waals surface area contributed by atoms with E-state index in [2.05, 4.69) is 12.2 Å². The molecule has 0 spiro atoms. The molecule has 1 aliphatic heterocycles. The van der Waals surface area contributed by atoms with Gasteiger partial charge in [-0.25, -0.2) is 8.42 Å². The fraction of sp³-hybridized carbons (Fsp3) is 0.625. The summed E-state index contributed by atoms with van der Waals surface area (Å²) in [5, 5.41) is 3.17. The highest BCUT2D eigenvalue weighted by molar-refractivity contribution is 7.89. The molecule has 0 saturated carbocycles. The molecular formula is C16H26N2O2S. The highest BCUT2D eigenvalue weighted by Crippen LogP contribution is 2.23. The monoisotopic (exact) mass is 310 g/mol. The van der Waals surface area contributed by atoms with Gasteiger partial charge in [0.2, 0.25) is 10.0 Å². The zero-order chi connectivity index (χ0) is 15.3. The van der Waals surface area contributed by atoms with Crippen LogP contribution in [-0.4, -0.2) is 39.4 Å². The number of benzene rings is 1. The Morgan fingerprint density at radius 1 is 1.19 bits per heavy atom. The van der Waals surface area contributed by atoms with Gasteiger partial charge in [-0.2, -0.15) is 4.31 Å². The van der Waals surface area contributed by atoms with Crippen molar-refractivity contribution >= 4 is 10.0 Å². The van der Waals surface area contributed by atoms with Crippen LogP contribution in [0.4, 0.5) is 0 Å². The second-order valence-corrected chi connectivity index (χ2v) is 7.74. The van der Waals surface area contributed by atoms with Crippen LogP contribution in [0.25, 0.3) is 0 Å². The number of sulfonamides is 1. The Balaban J connectivity index is 2.04. The number of aryl methyl sites for hydroxylation is 1. The average Bonchev–Trinajstić information content (AvgIpc) is 2.49. The van der Waals surface area contributed by atoms with Crippen LogP contribution in [-0.2, 0) is 16.4 Å². The first-order chi connectivity index (χ1) is 10.1. The number of hydrogen-bond donors (Lipinski definition) is 1. The summed E-state index contributed by atoms with van der Waals surface area (Å²) in [4.78, 5) is 0.425. The molecule has 0 unspecified atom stereocenters. The summed E-state index contributed by atoms with van der Waals surface area (Å²) < 4.78 is 26.9. The Labute approximate surface area is 128 Å². The Kier molecular flexibility index (Phi) is 5.79. The van der Waals surface area contributed by atoms with Crippen LogP contribution in [0.1, 0.15) is 31.7 Å². The maximum atomic E-state index is 12.6. The molecule has 0 aromatic heterocycles. The third-order valence-electron chi connectivity index (χ3n) is 4.17. The van der Waals surface area contributed by atoms with E-state index < -0.39 is 10.0 Å². The Hall–Kier alpha value is -0.910. The van der Waals surface area contributed by atoms with E-state index in [0.717, 1.165) is 32.2 Å². The molecule has 0 bridgehead atoms. The quantitative estimate of drug-likeness (QED) is 0.877. The van der Waals surface area contributed by atoms with Crippen molar-refractivity contribution in [3.8, 4) is 0 Å². The highest BCUT2D eigenvalue weighted by Gasteiger charge is 2.28. The van der Waals surface area contributed by atoms with Gasteiger partial charge in [-0.1, -0.05) is 25.5 Å². The summed E-state index contributed by atoms with van der Waals surface area (Å²) in [6, 6.07) is 7.37. The van der Waals surface area contributed by atoms with E-state index in [-0.39, 0.29) is 0 Å². The summed E-state index contributed by atoms with van der Waals surface area (Å²) in [6.45, 7) is 4.36. The molecule has 118 valence electrons. The van der Waals surface area contributed by atoms with Gasteiger partial charge in [0, 0.05) is 13.1 Å². The lowest BCUT2D eigenvalue weighted by atomic mass is 9.98. The van der Waals surface area contributed by atoms with E-state index in [1.807, 2.05) is 19.2 Å². The predicted octanol–water partition coefficient (Wildman–Crippen LogP) is 2.26. The van der Waals surface area contributed by atoms with Crippen molar-refractivity contribution in [1.82, 2.24) is 9.62 Å². The van der Waals surface area contributed by atoms with Crippen LogP contribution in [0.2, 0.25) is 0 Å². The summed E-state index contributed by atoms with van der Waals surface area (Å²) in [7, 11) is -1.37. The van der Waals surface area contributed by atoms with Crippen molar-refractivity contribution in [3.63, 3.8) is 0 Å². The summed E-state index contributed by atoms with van der Waals surface area (Å²) in [6.07, 6.45) is 3.95. The van der Waals surface area contributed by atoms with Gasteiger partial charge in [0.1, 0.15) is 0 Å². The number of piperidine rings is 1. The Morgan fingerprint density at radius 3 is 2.33 bits per heavy atom. The molecule has 1 aromatic rings. The molecule has 5 heteroatoms. The fourth-order valence-electron chi connectivity index (χ4n) is 2.91. The predicted molar refractivity (Wildman–Crippen MR) is 85.8 cm³/mol. The SMILES string of the molecule is CCCc1ccc(S(=O)(=O)N2CCC(CNC)CC2)cc1. The minimum absolute atomic E-state index is 0.425. The molecule has 0 radical (unpaired) electrons. The Morgan fingerprint density at radius 2 is 1.81 bits per heavy atom. The fourth-order valence-corrected chi connectivity index (χ4v) is 4.38. The standard InChI is InChI=1S/C16H26N2O2S/c1-3-4-14-5-7-16(8-6-14)21(19,20)18-11-9-15(10-12-18)13-17-2/h5-8,15,17H,3-4,9-13H2,1-2H3. The van der Waals surface area contributed by atoms with Crippen molar-refractivity contribution in [2.45, 2.75) is 37.5 Å². The molecule has 1 heterocycles. The lowest BCUT2D eigenvalue weighted by molar-refractivity contribution is 0.270. The molecule has 0 amide bonds. The van der Waals surface area contributed by atoms with Gasteiger partial charge in [0.25, 0.3) is 0 Å². The third-order valence-corrected chi connectivity index (χ3v) is 6.08. The van der Waals surface area contributed by atoms with E-state index in [0.29, 0.717) is 23.9 Å². The lowest BCUT2D eigenvalue weighted by Gasteiger charge is -2.31. The molecule has 1 aromatic carbocycles. The van der Waals surface area contributed by atoms with Gasteiger partial charge >= 0.3 is 0 Å². The molecule has 1 aliphatic rings. The van der Waals surface area contributed by atoms with Crippen molar-refractivity contribution in [2.75, 3.05) is 26.7 Å². The third kappa shape index (κ3) is 4.05. The van der Waals surface area contributed by atoms with Crippen LogP contribution in [0, 0.1) is 5.92 Å². The molecule has 4 nitrogen and oxygen atoms in total. The van der Waals surface area contributed by atoms with Crippen molar-refractivity contribution in [3.05, 3.63) is 29.8 Å². The van der Waals surface area contributed by atoms with Gasteiger partial charge in [0.05, 0.1) is 4.90 Å². The van der Waals surface area contributed by atoms with E-state index in [1.165, 1.54) is 5.56 Å². The Bertz CT molecular complexity index is 532. The molecular weight excluding hydrogens is 284 g/mol. The van der Waals surface area contributed by atoms with Crippen molar-refractivity contribution < 1.29 is 8.42 Å². The van der Waals surface area contributed by atoms with E-state index in [1.54, 1.807) is 16.4 Å². The zero-order valence-electron chi connectivity index (χ0n) is 13.0. The molecule has 1 saturated heterocycles. The summed E-state index contributed by atoms with van der Waals surface area (Å²) in [5.74, 6) is 0.591. The van der Waals surface area contributed by atoms with Crippen molar-refractivity contribution in [1.29, 1.82) is 0 Å². The van der Waals surface area contributed by atoms with Gasteiger partial charge in [0.15, 0.2) is 0 Å². The molecule has 1 fully saturated rings. The van der Waals surface area contributed by atoms with E-state index in [9.17, 15) is 8.42 Å². The summed E-state index contributed by atoms with van der Waals surface area (Å²) >= 11 is 0. The van der Waals surface area contributed by atoms with Crippen LogP contribution in [0.3, 0.4) is 0 Å². The topological polar surface area (TPSA) is 49.4 Å². The molecule has 0 aliphatic carbocycles. The van der Waals surface area contributed by atoms with Gasteiger partial charge in [-0.3, -0.25) is 0 Å². The number of rotatable bonds is 6. The van der Waals surface area contributed by atoms with Gasteiger partial charge < -0.3 is 5.32 Å². The molecule has 1 N–H and O–H groups in total. The summed E-state index contributed by atoms with van der Waals surface area (Å²) in [5.41, 5.74) is 1.20. The first-order valence-electron chi connectivity index (χ1n) is 7.81. The smallest absolute Gasteiger partial charge is 0.243 e. The molecule has 0 atom stereocenters. The van der Waals surface area contributed by atoms with E-state index in [4.69, 9.17) is 0 Å². The number of hydrogen-bond acceptors (Lipinski definition) is 3. The van der Waals surface area contributed by atoms with Crippen LogP contribution < -0.4 is 5.32 Å². The van der Waals surface area contributed by atoms with Gasteiger partial charge in [-0.05, 0) is 56.5 Å². The minimum atomic E-state index is -3.32. The molecule has 21 heavy (non-hydrogen) atoms. The normalized spacial score (nSPS) is 18.0. The lowest BCUT2D eigenvalue weighted by Crippen LogP contribution is -2.40. The highest BCUT2D eigenvalue weighted by atomic mass is 32.2.